The molecule has 0 saturated carbocycles. The van der Waals surface area contributed by atoms with E-state index in [0.717, 1.165) is 25.7 Å². The molecule has 0 aromatic heterocycles. The summed E-state index contributed by atoms with van der Waals surface area (Å²) in [5.74, 6) is 0.702. The zero-order valence-electron chi connectivity index (χ0n) is 9.74. The van der Waals surface area contributed by atoms with Gasteiger partial charge in [-0.05, 0) is 32.3 Å². The zero-order valence-corrected chi connectivity index (χ0v) is 9.74. The summed E-state index contributed by atoms with van der Waals surface area (Å²) >= 11 is 0. The Bertz CT molecular complexity index is 195. The highest BCUT2D eigenvalue weighted by atomic mass is 16.5. The van der Waals surface area contributed by atoms with E-state index in [-0.39, 0.29) is 6.10 Å². The Morgan fingerprint density at radius 2 is 2.33 bits per heavy atom. The second-order valence-electron chi connectivity index (χ2n) is 3.82. The van der Waals surface area contributed by atoms with Crippen molar-refractivity contribution >= 4 is 0 Å². The molecule has 0 bridgehead atoms. The number of allylic oxidation sites excluding steroid dienone is 1. The lowest BCUT2D eigenvalue weighted by Crippen LogP contribution is -2.32. The molecule has 0 spiro atoms. The maximum Gasteiger partial charge on any atom is 0.137 e. The molecule has 1 N–H and O–H groups in total. The molecule has 0 aromatic rings. The van der Waals surface area contributed by atoms with Crippen LogP contribution in [-0.2, 0) is 9.47 Å². The van der Waals surface area contributed by atoms with Gasteiger partial charge in [0.05, 0.1) is 12.7 Å². The summed E-state index contributed by atoms with van der Waals surface area (Å²) < 4.78 is 11.0. The third kappa shape index (κ3) is 3.84. The van der Waals surface area contributed by atoms with Gasteiger partial charge in [0, 0.05) is 6.61 Å². The van der Waals surface area contributed by atoms with Crippen LogP contribution in [0.1, 0.15) is 39.5 Å². The number of hydrogen-bond donors (Lipinski definition) is 1. The average molecular weight is 214 g/mol. The molecule has 0 fully saturated rings. The van der Waals surface area contributed by atoms with E-state index in [1.807, 2.05) is 13.0 Å². The maximum atomic E-state index is 10.1. The Labute approximate surface area is 92.1 Å². The highest BCUT2D eigenvalue weighted by Crippen LogP contribution is 2.20. The van der Waals surface area contributed by atoms with Crippen LogP contribution >= 0.6 is 0 Å². The van der Waals surface area contributed by atoms with Crippen LogP contribution < -0.4 is 0 Å². The van der Waals surface area contributed by atoms with E-state index in [4.69, 9.17) is 9.47 Å². The second kappa shape index (κ2) is 6.85. The Morgan fingerprint density at radius 3 is 2.87 bits per heavy atom. The normalized spacial score (nSPS) is 20.3. The molecule has 2 unspecified atom stereocenters. The smallest absolute Gasteiger partial charge is 0.137 e. The molecule has 15 heavy (non-hydrogen) atoms. The van der Waals surface area contributed by atoms with Crippen molar-refractivity contribution in [1.82, 2.24) is 0 Å². The molecule has 1 heterocycles. The van der Waals surface area contributed by atoms with Crippen LogP contribution in [0.15, 0.2) is 11.8 Å². The first-order chi connectivity index (χ1) is 7.29. The van der Waals surface area contributed by atoms with Gasteiger partial charge in [0.15, 0.2) is 0 Å². The van der Waals surface area contributed by atoms with Crippen molar-refractivity contribution < 1.29 is 14.6 Å². The third-order valence-electron chi connectivity index (χ3n) is 2.56. The van der Waals surface area contributed by atoms with E-state index in [9.17, 15) is 5.11 Å². The Morgan fingerprint density at radius 1 is 1.53 bits per heavy atom. The van der Waals surface area contributed by atoms with Gasteiger partial charge in [-0.3, -0.25) is 0 Å². The molecule has 88 valence electrons. The summed E-state index contributed by atoms with van der Waals surface area (Å²) in [4.78, 5) is 0. The van der Waals surface area contributed by atoms with E-state index >= 15 is 0 Å². The minimum Gasteiger partial charge on any atom is -0.495 e. The van der Waals surface area contributed by atoms with Crippen molar-refractivity contribution in [3.8, 4) is 0 Å². The van der Waals surface area contributed by atoms with Crippen molar-refractivity contribution in [3.63, 3.8) is 0 Å². The van der Waals surface area contributed by atoms with Crippen LogP contribution in [0.3, 0.4) is 0 Å². The van der Waals surface area contributed by atoms with E-state index in [1.54, 1.807) is 0 Å². The maximum absolute atomic E-state index is 10.1. The number of hydrogen-bond acceptors (Lipinski definition) is 3. The van der Waals surface area contributed by atoms with Gasteiger partial charge in [-0.15, -0.1) is 0 Å². The summed E-state index contributed by atoms with van der Waals surface area (Å²) in [6.45, 7) is 5.39. The van der Waals surface area contributed by atoms with Gasteiger partial charge in [-0.25, -0.2) is 0 Å². The lowest BCUT2D eigenvalue weighted by molar-refractivity contribution is -0.0458. The van der Waals surface area contributed by atoms with Gasteiger partial charge in [0.25, 0.3) is 0 Å². The van der Waals surface area contributed by atoms with Gasteiger partial charge in [0.2, 0.25) is 0 Å². The fraction of sp³-hybridized carbons (Fsp3) is 0.833. The molecular formula is C12H22O3. The van der Waals surface area contributed by atoms with Crippen LogP contribution in [0.4, 0.5) is 0 Å². The van der Waals surface area contributed by atoms with Crippen molar-refractivity contribution in [2.45, 2.75) is 51.7 Å². The summed E-state index contributed by atoms with van der Waals surface area (Å²) in [5, 5.41) is 10.1. The summed E-state index contributed by atoms with van der Waals surface area (Å²) in [7, 11) is 0. The van der Waals surface area contributed by atoms with Gasteiger partial charge >= 0.3 is 0 Å². The third-order valence-corrected chi connectivity index (χ3v) is 2.56. The predicted octanol–water partition coefficient (Wildman–Crippen LogP) is 2.25. The largest absolute Gasteiger partial charge is 0.495 e. The molecule has 1 aliphatic rings. The fourth-order valence-electron chi connectivity index (χ4n) is 1.80. The molecule has 0 aromatic carbocycles. The minimum atomic E-state index is -0.592. The second-order valence-corrected chi connectivity index (χ2v) is 3.82. The van der Waals surface area contributed by atoms with Gasteiger partial charge in [-0.2, -0.15) is 0 Å². The zero-order chi connectivity index (χ0) is 11.1. The molecule has 0 aliphatic carbocycles. The van der Waals surface area contributed by atoms with E-state index in [2.05, 4.69) is 6.92 Å². The van der Waals surface area contributed by atoms with Crippen molar-refractivity contribution in [2.75, 3.05) is 13.2 Å². The van der Waals surface area contributed by atoms with Crippen LogP contribution in [0.25, 0.3) is 0 Å². The van der Waals surface area contributed by atoms with Crippen molar-refractivity contribution in [2.24, 2.45) is 0 Å². The Balaban J connectivity index is 2.52. The predicted molar refractivity (Wildman–Crippen MR) is 59.6 cm³/mol. The highest BCUT2D eigenvalue weighted by molar-refractivity contribution is 5.04. The number of aliphatic hydroxyl groups is 1. The van der Waals surface area contributed by atoms with Crippen molar-refractivity contribution in [1.29, 1.82) is 0 Å². The number of ether oxygens (including phenoxy) is 2. The fourth-order valence-corrected chi connectivity index (χ4v) is 1.80. The van der Waals surface area contributed by atoms with Crippen LogP contribution in [0.2, 0.25) is 0 Å². The number of aliphatic hydroxyl groups excluding tert-OH is 1. The number of rotatable bonds is 6. The lowest BCUT2D eigenvalue weighted by atomic mass is 10.0. The molecule has 2 atom stereocenters. The summed E-state index contributed by atoms with van der Waals surface area (Å²) in [6.07, 6.45) is 5.19. The molecular weight excluding hydrogens is 192 g/mol. The van der Waals surface area contributed by atoms with Crippen LogP contribution in [0.5, 0.6) is 0 Å². The van der Waals surface area contributed by atoms with E-state index in [0.29, 0.717) is 19.0 Å². The average Bonchev–Trinajstić information content (AvgIpc) is 2.29. The topological polar surface area (TPSA) is 38.7 Å². The quantitative estimate of drug-likeness (QED) is 0.737. The molecule has 1 aliphatic heterocycles. The van der Waals surface area contributed by atoms with Crippen LogP contribution in [-0.4, -0.2) is 30.5 Å². The first-order valence-electron chi connectivity index (χ1n) is 5.92. The SMILES string of the molecule is CCCC(OCC)C(O)C1=CCCCO1. The molecule has 0 saturated heterocycles. The molecule has 0 radical (unpaired) electrons. The van der Waals surface area contributed by atoms with Gasteiger partial charge < -0.3 is 14.6 Å². The monoisotopic (exact) mass is 214 g/mol. The lowest BCUT2D eigenvalue weighted by Gasteiger charge is -2.26. The standard InChI is InChI=1S/C12H22O3/c1-3-7-10(14-4-2)12(13)11-8-5-6-9-15-11/h8,10,12-13H,3-7,9H2,1-2H3. The first-order valence-corrected chi connectivity index (χ1v) is 5.92. The van der Waals surface area contributed by atoms with E-state index < -0.39 is 6.10 Å². The summed E-state index contributed by atoms with van der Waals surface area (Å²) in [6, 6.07) is 0. The Kier molecular flexibility index (Phi) is 5.73. The Hall–Kier alpha value is -0.540. The highest BCUT2D eigenvalue weighted by Gasteiger charge is 2.24. The molecule has 3 heteroatoms. The minimum absolute atomic E-state index is 0.121. The molecule has 0 amide bonds. The molecule has 1 rings (SSSR count). The van der Waals surface area contributed by atoms with E-state index in [1.165, 1.54) is 0 Å². The first kappa shape index (κ1) is 12.5. The molecule has 3 nitrogen and oxygen atoms in total. The van der Waals surface area contributed by atoms with Crippen molar-refractivity contribution in [3.05, 3.63) is 11.8 Å². The van der Waals surface area contributed by atoms with Gasteiger partial charge in [0.1, 0.15) is 11.9 Å². The van der Waals surface area contributed by atoms with Crippen LogP contribution in [0, 0.1) is 0 Å². The summed E-state index contributed by atoms with van der Waals surface area (Å²) in [5.41, 5.74) is 0. The van der Waals surface area contributed by atoms with Gasteiger partial charge in [-0.1, -0.05) is 13.3 Å².